The Morgan fingerprint density at radius 3 is 1.32 bits per heavy atom. The summed E-state index contributed by atoms with van der Waals surface area (Å²) >= 11 is 0. The standard InChI is InChI=1S/C22H34O6/c1-7-9-15(3)21(23)27-17(5)25-19-11-13-20(14-12-19)26-18(6)28-22(24)16(4)10-8-2/h11-18H,7-10H2,1-6H3. The average Bonchev–Trinajstić information content (AvgIpc) is 2.63. The topological polar surface area (TPSA) is 71.1 Å². The maximum absolute atomic E-state index is 11.9. The third kappa shape index (κ3) is 8.63. The van der Waals surface area contributed by atoms with Crippen LogP contribution in [-0.4, -0.2) is 24.5 Å². The van der Waals surface area contributed by atoms with Gasteiger partial charge in [-0.2, -0.15) is 0 Å². The molecule has 0 fully saturated rings. The van der Waals surface area contributed by atoms with Gasteiger partial charge in [-0.15, -0.1) is 0 Å². The fourth-order valence-electron chi connectivity index (χ4n) is 2.69. The first-order chi connectivity index (χ1) is 13.3. The molecule has 1 aromatic carbocycles. The molecule has 0 aliphatic carbocycles. The number of benzene rings is 1. The molecule has 158 valence electrons. The highest BCUT2D eigenvalue weighted by Crippen LogP contribution is 2.21. The number of ether oxygens (including phenoxy) is 4. The van der Waals surface area contributed by atoms with E-state index in [-0.39, 0.29) is 23.8 Å². The molecule has 0 aromatic heterocycles. The van der Waals surface area contributed by atoms with E-state index in [2.05, 4.69) is 0 Å². The highest BCUT2D eigenvalue weighted by Gasteiger charge is 2.18. The molecule has 6 nitrogen and oxygen atoms in total. The Hall–Kier alpha value is -2.24. The summed E-state index contributed by atoms with van der Waals surface area (Å²) in [7, 11) is 0. The molecule has 0 saturated heterocycles. The number of hydrogen-bond donors (Lipinski definition) is 0. The van der Waals surface area contributed by atoms with Crippen LogP contribution in [0.3, 0.4) is 0 Å². The zero-order valence-electron chi connectivity index (χ0n) is 17.9. The second-order valence-corrected chi connectivity index (χ2v) is 7.10. The first kappa shape index (κ1) is 23.8. The Balaban J connectivity index is 2.48. The molecule has 0 saturated carbocycles. The number of rotatable bonds is 12. The van der Waals surface area contributed by atoms with E-state index in [0.29, 0.717) is 11.5 Å². The summed E-state index contributed by atoms with van der Waals surface area (Å²) in [6.45, 7) is 11.1. The first-order valence-corrected chi connectivity index (χ1v) is 10.1. The minimum absolute atomic E-state index is 0.143. The lowest BCUT2D eigenvalue weighted by atomic mass is 10.1. The fraction of sp³-hybridized carbons (Fsp3) is 0.636. The van der Waals surface area contributed by atoms with Gasteiger partial charge in [0.15, 0.2) is 0 Å². The van der Waals surface area contributed by atoms with Crippen molar-refractivity contribution in [3.63, 3.8) is 0 Å². The third-order valence-electron chi connectivity index (χ3n) is 4.24. The second-order valence-electron chi connectivity index (χ2n) is 7.10. The van der Waals surface area contributed by atoms with Crippen molar-refractivity contribution < 1.29 is 28.5 Å². The van der Waals surface area contributed by atoms with Gasteiger partial charge in [-0.05, 0) is 37.1 Å². The summed E-state index contributed by atoms with van der Waals surface area (Å²) in [5, 5.41) is 0. The zero-order chi connectivity index (χ0) is 21.1. The number of esters is 2. The van der Waals surface area contributed by atoms with E-state index < -0.39 is 12.6 Å². The molecule has 0 bridgehead atoms. The quantitative estimate of drug-likeness (QED) is 0.363. The van der Waals surface area contributed by atoms with E-state index in [1.165, 1.54) is 0 Å². The van der Waals surface area contributed by atoms with Crippen molar-refractivity contribution in [2.45, 2.75) is 79.8 Å². The largest absolute Gasteiger partial charge is 0.455 e. The van der Waals surface area contributed by atoms with Crippen LogP contribution in [0.2, 0.25) is 0 Å². The first-order valence-electron chi connectivity index (χ1n) is 10.1. The Morgan fingerprint density at radius 1 is 0.714 bits per heavy atom. The van der Waals surface area contributed by atoms with Gasteiger partial charge in [0.1, 0.15) is 11.5 Å². The molecule has 0 aliphatic heterocycles. The van der Waals surface area contributed by atoms with Crippen molar-refractivity contribution in [3.05, 3.63) is 24.3 Å². The summed E-state index contributed by atoms with van der Waals surface area (Å²) in [6.07, 6.45) is 2.07. The van der Waals surface area contributed by atoms with Gasteiger partial charge in [-0.3, -0.25) is 9.59 Å². The molecule has 0 spiro atoms. The smallest absolute Gasteiger partial charge is 0.311 e. The predicted molar refractivity (Wildman–Crippen MR) is 107 cm³/mol. The van der Waals surface area contributed by atoms with Crippen LogP contribution < -0.4 is 9.47 Å². The summed E-state index contributed by atoms with van der Waals surface area (Å²) in [6, 6.07) is 6.85. The highest BCUT2D eigenvalue weighted by atomic mass is 16.7. The molecule has 0 aliphatic rings. The van der Waals surface area contributed by atoms with Gasteiger partial charge in [0.05, 0.1) is 11.8 Å². The van der Waals surface area contributed by atoms with Crippen molar-refractivity contribution in [1.82, 2.24) is 0 Å². The zero-order valence-corrected chi connectivity index (χ0v) is 17.9. The normalized spacial score (nSPS) is 15.1. The molecule has 6 heteroatoms. The molecular weight excluding hydrogens is 360 g/mol. The van der Waals surface area contributed by atoms with Crippen LogP contribution in [0.15, 0.2) is 24.3 Å². The Kier molecular flexibility index (Phi) is 10.4. The molecule has 0 heterocycles. The maximum Gasteiger partial charge on any atom is 0.311 e. The number of carbonyl (C=O) groups is 2. The van der Waals surface area contributed by atoms with Crippen LogP contribution in [-0.2, 0) is 19.1 Å². The molecule has 4 atom stereocenters. The molecule has 1 aromatic rings. The van der Waals surface area contributed by atoms with Crippen LogP contribution >= 0.6 is 0 Å². The second kappa shape index (κ2) is 12.3. The van der Waals surface area contributed by atoms with Crippen LogP contribution in [0, 0.1) is 11.8 Å². The Morgan fingerprint density at radius 2 is 1.04 bits per heavy atom. The summed E-state index contributed by atoms with van der Waals surface area (Å²) in [5.41, 5.74) is 0. The average molecular weight is 395 g/mol. The van der Waals surface area contributed by atoms with Crippen molar-refractivity contribution in [2.75, 3.05) is 0 Å². The van der Waals surface area contributed by atoms with Crippen molar-refractivity contribution in [1.29, 1.82) is 0 Å². The van der Waals surface area contributed by atoms with Crippen LogP contribution in [0.1, 0.15) is 67.2 Å². The van der Waals surface area contributed by atoms with Crippen molar-refractivity contribution >= 4 is 11.9 Å². The molecule has 0 radical (unpaired) electrons. The highest BCUT2D eigenvalue weighted by molar-refractivity contribution is 5.72. The van der Waals surface area contributed by atoms with Crippen molar-refractivity contribution in [2.24, 2.45) is 11.8 Å². The summed E-state index contributed by atoms with van der Waals surface area (Å²) < 4.78 is 21.8. The molecule has 0 N–H and O–H groups in total. The van der Waals surface area contributed by atoms with E-state index in [9.17, 15) is 9.59 Å². The van der Waals surface area contributed by atoms with Crippen LogP contribution in [0.4, 0.5) is 0 Å². The van der Waals surface area contributed by atoms with Gasteiger partial charge in [0.2, 0.25) is 12.6 Å². The van der Waals surface area contributed by atoms with Gasteiger partial charge < -0.3 is 18.9 Å². The molecule has 28 heavy (non-hydrogen) atoms. The Bertz CT molecular complexity index is 545. The van der Waals surface area contributed by atoms with E-state index in [0.717, 1.165) is 25.7 Å². The molecule has 4 unspecified atom stereocenters. The lowest BCUT2D eigenvalue weighted by molar-refractivity contribution is -0.167. The van der Waals surface area contributed by atoms with Crippen molar-refractivity contribution in [3.8, 4) is 11.5 Å². The van der Waals surface area contributed by atoms with Crippen LogP contribution in [0.25, 0.3) is 0 Å². The van der Waals surface area contributed by atoms with Gasteiger partial charge in [-0.25, -0.2) is 0 Å². The SMILES string of the molecule is CCCC(C)C(=O)OC(C)Oc1ccc(OC(C)OC(=O)C(C)CCC)cc1. The van der Waals surface area contributed by atoms with Gasteiger partial charge >= 0.3 is 11.9 Å². The monoisotopic (exact) mass is 394 g/mol. The number of hydrogen-bond acceptors (Lipinski definition) is 6. The van der Waals surface area contributed by atoms with E-state index >= 15 is 0 Å². The van der Waals surface area contributed by atoms with Gasteiger partial charge in [0, 0.05) is 13.8 Å². The lowest BCUT2D eigenvalue weighted by Gasteiger charge is -2.19. The predicted octanol–water partition coefficient (Wildman–Crippen LogP) is 5.10. The van der Waals surface area contributed by atoms with Crippen LogP contribution in [0.5, 0.6) is 11.5 Å². The lowest BCUT2D eigenvalue weighted by Crippen LogP contribution is -2.25. The van der Waals surface area contributed by atoms with Gasteiger partial charge in [-0.1, -0.05) is 40.5 Å². The van der Waals surface area contributed by atoms with Gasteiger partial charge in [0.25, 0.3) is 0 Å². The molecule has 1 rings (SSSR count). The summed E-state index contributed by atoms with van der Waals surface area (Å²) in [4.78, 5) is 23.8. The number of carbonyl (C=O) groups excluding carboxylic acids is 2. The maximum atomic E-state index is 11.9. The fourth-order valence-corrected chi connectivity index (χ4v) is 2.69. The Labute approximate surface area is 168 Å². The molecular formula is C22H34O6. The summed E-state index contributed by atoms with van der Waals surface area (Å²) in [5.74, 6) is 0.297. The minimum Gasteiger partial charge on any atom is -0.455 e. The molecule has 0 amide bonds. The third-order valence-corrected chi connectivity index (χ3v) is 4.24. The minimum atomic E-state index is -0.682. The van der Waals surface area contributed by atoms with E-state index in [1.54, 1.807) is 38.1 Å². The van der Waals surface area contributed by atoms with E-state index in [4.69, 9.17) is 18.9 Å². The van der Waals surface area contributed by atoms with E-state index in [1.807, 2.05) is 27.7 Å².